The van der Waals surface area contributed by atoms with Gasteiger partial charge in [-0.2, -0.15) is 0 Å². The summed E-state index contributed by atoms with van der Waals surface area (Å²) in [6, 6.07) is 42.3. The predicted octanol–water partition coefficient (Wildman–Crippen LogP) is 11.0. The maximum Gasteiger partial charge on any atom is 0.228 e. The van der Waals surface area contributed by atoms with E-state index in [1.807, 2.05) is 30.3 Å². The van der Waals surface area contributed by atoms with Crippen molar-refractivity contribution in [3.8, 4) is 17.2 Å². The first kappa shape index (κ1) is 31.3. The number of anilines is 1. The molecule has 2 aliphatic rings. The van der Waals surface area contributed by atoms with Gasteiger partial charge in [0.05, 0.1) is 25.3 Å². The largest absolute Gasteiger partial charge is 0.497 e. The lowest BCUT2D eigenvalue weighted by atomic mass is 9.75. The molecule has 246 valence electrons. The highest BCUT2D eigenvalue weighted by Gasteiger charge is 2.60. The van der Waals surface area contributed by atoms with Crippen molar-refractivity contribution >= 4 is 50.9 Å². The molecule has 2 heterocycles. The normalized spacial score (nSPS) is 17.2. The second-order valence-corrected chi connectivity index (χ2v) is 14.5. The molecule has 1 unspecified atom stereocenters. The van der Waals surface area contributed by atoms with Crippen molar-refractivity contribution < 1.29 is 14.2 Å². The van der Waals surface area contributed by atoms with Gasteiger partial charge in [0.2, 0.25) is 5.72 Å². The number of unbranched alkanes of at least 4 members (excludes halogenated alkanes) is 2. The van der Waals surface area contributed by atoms with E-state index in [1.54, 1.807) is 18.9 Å². The van der Waals surface area contributed by atoms with Gasteiger partial charge in [-0.3, -0.25) is 4.99 Å². The minimum absolute atomic E-state index is 0.417. The molecular formula is C43H40N2O3S. The van der Waals surface area contributed by atoms with E-state index in [4.69, 9.17) is 19.2 Å². The van der Waals surface area contributed by atoms with E-state index in [1.165, 1.54) is 26.4 Å². The zero-order chi connectivity index (χ0) is 33.4. The van der Waals surface area contributed by atoms with Gasteiger partial charge in [-0.05, 0) is 115 Å². The van der Waals surface area contributed by atoms with Crippen LogP contribution in [0, 0.1) is 0 Å². The second-order valence-electron chi connectivity index (χ2n) is 13.3. The van der Waals surface area contributed by atoms with Crippen molar-refractivity contribution in [1.29, 1.82) is 0 Å². The minimum atomic E-state index is -0.798. The van der Waals surface area contributed by atoms with E-state index < -0.39 is 11.1 Å². The van der Waals surface area contributed by atoms with Crippen LogP contribution in [0.25, 0.3) is 21.5 Å². The van der Waals surface area contributed by atoms with Crippen molar-refractivity contribution in [2.45, 2.75) is 54.0 Å². The van der Waals surface area contributed by atoms with E-state index >= 15 is 0 Å². The number of methoxy groups -OCH3 is 1. The van der Waals surface area contributed by atoms with Gasteiger partial charge in [0.15, 0.2) is 0 Å². The third-order valence-corrected chi connectivity index (χ3v) is 11.0. The van der Waals surface area contributed by atoms with Crippen LogP contribution >= 0.6 is 11.8 Å². The van der Waals surface area contributed by atoms with Crippen molar-refractivity contribution in [2.24, 2.45) is 4.99 Å². The van der Waals surface area contributed by atoms with E-state index in [9.17, 15) is 0 Å². The molecule has 0 fully saturated rings. The molecule has 0 bridgehead atoms. The maximum absolute atomic E-state index is 7.28. The molecule has 0 amide bonds. The Morgan fingerprint density at radius 1 is 0.714 bits per heavy atom. The standard InChI is InChI=1S/C43H40N2O3S/c1-42(2)40-36-21-19-33(46-3)27-30(36)17-23-38(40)45(25-11-6-12-26-47-32-13-7-4-8-14-32)43(42)29-44-41-37-22-20-35(49-34-15-9-5-10-16-34)28-31(37)18-24-39(41)48-43/h4-5,7-10,13-24,27-29H,6,11-12,25-26H2,1-3H3. The SMILES string of the molecule is COc1ccc2c3c(ccc2c1)N(CCCCCOc1ccccc1)C1(C=Nc2c(ccc4cc(Sc5ccccc5)ccc24)O1)C3(C)C. The summed E-state index contributed by atoms with van der Waals surface area (Å²) in [6.07, 6.45) is 5.11. The van der Waals surface area contributed by atoms with E-state index in [-0.39, 0.29) is 0 Å². The van der Waals surface area contributed by atoms with Gasteiger partial charge in [-0.15, -0.1) is 0 Å². The first-order chi connectivity index (χ1) is 24.0. The maximum atomic E-state index is 7.28. The lowest BCUT2D eigenvalue weighted by molar-refractivity contribution is 0.0778. The van der Waals surface area contributed by atoms with Crippen molar-refractivity contribution in [3.63, 3.8) is 0 Å². The Kier molecular flexibility index (Phi) is 8.20. The fourth-order valence-electron chi connectivity index (χ4n) is 7.48. The molecule has 0 aliphatic carbocycles. The summed E-state index contributed by atoms with van der Waals surface area (Å²) in [4.78, 5) is 10.1. The van der Waals surface area contributed by atoms with E-state index in [0.717, 1.165) is 64.9 Å². The lowest BCUT2D eigenvalue weighted by Crippen LogP contribution is -2.62. The Morgan fingerprint density at radius 2 is 1.47 bits per heavy atom. The molecule has 49 heavy (non-hydrogen) atoms. The van der Waals surface area contributed by atoms with Crippen LogP contribution in [0.3, 0.4) is 0 Å². The van der Waals surface area contributed by atoms with Crippen LogP contribution in [0.2, 0.25) is 0 Å². The third-order valence-electron chi connectivity index (χ3n) is 9.99. The fraction of sp³-hybridized carbons (Fsp3) is 0.233. The summed E-state index contributed by atoms with van der Waals surface area (Å²) in [5, 5.41) is 4.62. The zero-order valence-electron chi connectivity index (χ0n) is 28.2. The van der Waals surface area contributed by atoms with Gasteiger partial charge < -0.3 is 19.1 Å². The first-order valence-electron chi connectivity index (χ1n) is 17.1. The van der Waals surface area contributed by atoms with E-state index in [0.29, 0.717) is 6.61 Å². The topological polar surface area (TPSA) is 43.3 Å². The van der Waals surface area contributed by atoms with Crippen molar-refractivity contribution in [2.75, 3.05) is 25.2 Å². The summed E-state index contributed by atoms with van der Waals surface area (Å²) in [6.45, 7) is 6.13. The summed E-state index contributed by atoms with van der Waals surface area (Å²) >= 11 is 1.77. The highest BCUT2D eigenvalue weighted by molar-refractivity contribution is 7.99. The minimum Gasteiger partial charge on any atom is -0.497 e. The number of hydrogen-bond acceptors (Lipinski definition) is 6. The van der Waals surface area contributed by atoms with Crippen LogP contribution in [0.5, 0.6) is 17.2 Å². The Bertz CT molecular complexity index is 2170. The third kappa shape index (κ3) is 5.58. The molecule has 0 N–H and O–H groups in total. The molecular weight excluding hydrogens is 625 g/mol. The molecule has 0 saturated carbocycles. The monoisotopic (exact) mass is 664 g/mol. The van der Waals surface area contributed by atoms with Crippen LogP contribution in [0.15, 0.2) is 136 Å². The Morgan fingerprint density at radius 3 is 2.29 bits per heavy atom. The number of ether oxygens (including phenoxy) is 3. The lowest BCUT2D eigenvalue weighted by Gasteiger charge is -2.46. The van der Waals surface area contributed by atoms with Gasteiger partial charge >= 0.3 is 0 Å². The van der Waals surface area contributed by atoms with Crippen LogP contribution in [-0.4, -0.2) is 32.2 Å². The van der Waals surface area contributed by atoms with Crippen LogP contribution in [0.1, 0.15) is 38.7 Å². The van der Waals surface area contributed by atoms with Crippen LogP contribution in [-0.2, 0) is 5.41 Å². The molecule has 5 nitrogen and oxygen atoms in total. The summed E-state index contributed by atoms with van der Waals surface area (Å²) in [5.74, 6) is 2.59. The average molecular weight is 665 g/mol. The van der Waals surface area contributed by atoms with Gasteiger partial charge in [-0.25, -0.2) is 0 Å². The Labute approximate surface area is 292 Å². The number of aliphatic imine (C=N–C) groups is 1. The van der Waals surface area contributed by atoms with Gasteiger partial charge in [-0.1, -0.05) is 72.4 Å². The molecule has 0 saturated heterocycles. The highest BCUT2D eigenvalue weighted by Crippen LogP contribution is 2.57. The molecule has 1 atom stereocenters. The number of fused-ring (bicyclic) bond motifs is 6. The number of para-hydroxylation sites is 1. The Hall–Kier alpha value is -4.94. The van der Waals surface area contributed by atoms with Crippen LogP contribution < -0.4 is 19.1 Å². The predicted molar refractivity (Wildman–Crippen MR) is 203 cm³/mol. The number of rotatable bonds is 10. The van der Waals surface area contributed by atoms with Crippen LogP contribution in [0.4, 0.5) is 11.4 Å². The van der Waals surface area contributed by atoms with Gasteiger partial charge in [0.1, 0.15) is 22.9 Å². The number of hydrogen-bond donors (Lipinski definition) is 0. The molecule has 1 spiro atoms. The molecule has 6 aromatic rings. The van der Waals surface area contributed by atoms with Crippen molar-refractivity contribution in [1.82, 2.24) is 0 Å². The van der Waals surface area contributed by atoms with Crippen molar-refractivity contribution in [3.05, 3.63) is 127 Å². The highest BCUT2D eigenvalue weighted by atomic mass is 32.2. The first-order valence-corrected chi connectivity index (χ1v) is 17.9. The molecule has 0 aromatic heterocycles. The number of nitrogens with zero attached hydrogens (tertiary/aromatic N) is 2. The molecule has 8 rings (SSSR count). The molecule has 0 radical (unpaired) electrons. The summed E-state index contributed by atoms with van der Waals surface area (Å²) in [7, 11) is 1.72. The summed E-state index contributed by atoms with van der Waals surface area (Å²) < 4.78 is 18.8. The van der Waals surface area contributed by atoms with Gasteiger partial charge in [0.25, 0.3) is 0 Å². The zero-order valence-corrected chi connectivity index (χ0v) is 29.0. The molecule has 6 heteroatoms. The average Bonchev–Trinajstić information content (AvgIpc) is 3.31. The second kappa shape index (κ2) is 12.8. The summed E-state index contributed by atoms with van der Waals surface area (Å²) in [5.41, 5.74) is 2.14. The number of benzene rings is 6. The quantitative estimate of drug-likeness (QED) is 0.136. The van der Waals surface area contributed by atoms with E-state index in [2.05, 4.69) is 116 Å². The Balaban J connectivity index is 1.12. The molecule has 6 aromatic carbocycles. The molecule has 2 aliphatic heterocycles. The van der Waals surface area contributed by atoms with Gasteiger partial charge in [0, 0.05) is 27.4 Å². The smallest absolute Gasteiger partial charge is 0.228 e. The fourth-order valence-corrected chi connectivity index (χ4v) is 8.36.